The zero-order valence-electron chi connectivity index (χ0n) is 18.6. The molecule has 3 aliphatic rings. The van der Waals surface area contributed by atoms with Gasteiger partial charge < -0.3 is 4.31 Å². The van der Waals surface area contributed by atoms with Crippen LogP contribution in [0.1, 0.15) is 85.0 Å². The van der Waals surface area contributed by atoms with Crippen LogP contribution in [0, 0.1) is 22.7 Å². The van der Waals surface area contributed by atoms with E-state index in [1.54, 1.807) is 0 Å². The maximum atomic E-state index is 13.9. The van der Waals surface area contributed by atoms with Crippen LogP contribution in [0.15, 0.2) is 12.7 Å². The summed E-state index contributed by atoms with van der Waals surface area (Å²) in [5, 5.41) is 0. The van der Waals surface area contributed by atoms with Crippen LogP contribution in [-0.4, -0.2) is 34.5 Å². The molecule has 2 bridgehead atoms. The SMILES string of the molecule is C=CC[C@H](CCCCCC)C(=O)N1[C@@H]2CC[C@H]3CC[C@]2(CS1(C)C)C3(C)C. The van der Waals surface area contributed by atoms with E-state index in [-0.39, 0.29) is 5.92 Å². The van der Waals surface area contributed by atoms with Crippen molar-refractivity contribution in [1.82, 2.24) is 4.31 Å². The summed E-state index contributed by atoms with van der Waals surface area (Å²) in [6.07, 6.45) is 19.0. The quantitative estimate of drug-likeness (QED) is 0.338. The van der Waals surface area contributed by atoms with Crippen LogP contribution in [-0.2, 0) is 4.79 Å². The Morgan fingerprint density at radius 3 is 2.63 bits per heavy atom. The Morgan fingerprint density at radius 1 is 1.22 bits per heavy atom. The zero-order chi connectivity index (χ0) is 19.9. The van der Waals surface area contributed by atoms with Gasteiger partial charge in [-0.3, -0.25) is 4.79 Å². The summed E-state index contributed by atoms with van der Waals surface area (Å²) in [4.78, 5) is 13.9. The maximum Gasteiger partial charge on any atom is 0.234 e. The summed E-state index contributed by atoms with van der Waals surface area (Å²) < 4.78 is 2.48. The first-order chi connectivity index (χ1) is 12.7. The Labute approximate surface area is 170 Å². The van der Waals surface area contributed by atoms with E-state index in [9.17, 15) is 4.79 Å². The molecule has 0 radical (unpaired) electrons. The third-order valence-corrected chi connectivity index (χ3v) is 11.2. The van der Waals surface area contributed by atoms with Crippen LogP contribution >= 0.6 is 10.2 Å². The van der Waals surface area contributed by atoms with Crippen LogP contribution in [0.25, 0.3) is 0 Å². The van der Waals surface area contributed by atoms with Crippen molar-refractivity contribution >= 4 is 16.1 Å². The van der Waals surface area contributed by atoms with E-state index in [2.05, 4.69) is 44.2 Å². The van der Waals surface area contributed by atoms with Crippen molar-refractivity contribution in [2.24, 2.45) is 22.7 Å². The molecule has 1 aliphatic heterocycles. The predicted molar refractivity (Wildman–Crippen MR) is 120 cm³/mol. The number of carbonyl (C=O) groups excluding carboxylic acids is 1. The molecule has 3 fully saturated rings. The summed E-state index contributed by atoms with van der Waals surface area (Å²) in [6, 6.07) is 0.492. The fraction of sp³-hybridized carbons (Fsp3) is 0.875. The second-order valence-corrected chi connectivity index (χ2v) is 14.2. The molecule has 1 saturated heterocycles. The lowest BCUT2D eigenvalue weighted by Crippen LogP contribution is -2.53. The molecular formula is C24H43NOS. The van der Waals surface area contributed by atoms with Gasteiger partial charge in [-0.2, -0.15) is 10.2 Å². The summed E-state index contributed by atoms with van der Waals surface area (Å²) in [5.74, 6) is 2.77. The monoisotopic (exact) mass is 393 g/mol. The molecule has 0 unspecified atom stereocenters. The Balaban J connectivity index is 1.83. The Kier molecular flexibility index (Phi) is 6.12. The van der Waals surface area contributed by atoms with E-state index in [4.69, 9.17) is 0 Å². The predicted octanol–water partition coefficient (Wildman–Crippen LogP) is 6.56. The van der Waals surface area contributed by atoms with Crippen molar-refractivity contribution in [1.29, 1.82) is 0 Å². The second kappa shape index (κ2) is 7.76. The van der Waals surface area contributed by atoms with Crippen LogP contribution in [0.4, 0.5) is 0 Å². The number of hydrogen-bond donors (Lipinski definition) is 0. The average Bonchev–Trinajstić information content (AvgIpc) is 2.88. The average molecular weight is 394 g/mol. The molecule has 1 heterocycles. The largest absolute Gasteiger partial charge is 0.301 e. The molecule has 1 amide bonds. The van der Waals surface area contributed by atoms with Gasteiger partial charge >= 0.3 is 0 Å². The smallest absolute Gasteiger partial charge is 0.234 e. The van der Waals surface area contributed by atoms with Crippen molar-refractivity contribution in [3.8, 4) is 0 Å². The second-order valence-electron chi connectivity index (χ2n) is 10.6. The number of rotatable bonds is 8. The Hall–Kier alpha value is -0.440. The number of carbonyl (C=O) groups is 1. The molecule has 3 rings (SSSR count). The van der Waals surface area contributed by atoms with Gasteiger partial charge in [-0.15, -0.1) is 6.58 Å². The maximum absolute atomic E-state index is 13.9. The molecule has 0 aromatic carbocycles. The molecule has 4 atom stereocenters. The van der Waals surface area contributed by atoms with Gasteiger partial charge in [-0.1, -0.05) is 52.5 Å². The zero-order valence-corrected chi connectivity index (χ0v) is 19.4. The number of hydrogen-bond acceptors (Lipinski definition) is 1. The minimum atomic E-state index is -1.03. The fourth-order valence-electron chi connectivity index (χ4n) is 6.94. The number of amides is 1. The highest BCUT2D eigenvalue weighted by atomic mass is 32.3. The Morgan fingerprint density at radius 2 is 1.96 bits per heavy atom. The molecule has 0 aromatic rings. The lowest BCUT2D eigenvalue weighted by atomic mass is 9.57. The molecule has 2 nitrogen and oxygen atoms in total. The highest BCUT2D eigenvalue weighted by Crippen LogP contribution is 2.74. The van der Waals surface area contributed by atoms with Gasteiger partial charge in [0.25, 0.3) is 0 Å². The molecular weight excluding hydrogens is 350 g/mol. The van der Waals surface area contributed by atoms with E-state index >= 15 is 0 Å². The van der Waals surface area contributed by atoms with E-state index in [1.807, 2.05) is 6.08 Å². The first-order valence-corrected chi connectivity index (χ1v) is 13.9. The van der Waals surface area contributed by atoms with Gasteiger partial charge in [0.2, 0.25) is 5.91 Å². The number of nitrogens with zero attached hydrogens (tertiary/aromatic N) is 1. The minimum absolute atomic E-state index is 0.156. The van der Waals surface area contributed by atoms with Crippen molar-refractivity contribution in [2.45, 2.75) is 91.0 Å². The molecule has 2 saturated carbocycles. The normalized spacial score (nSPS) is 35.5. The summed E-state index contributed by atoms with van der Waals surface area (Å²) >= 11 is 0. The molecule has 1 spiro atoms. The number of fused-ring (bicyclic) bond motifs is 1. The Bertz CT molecular complexity index is 569. The summed E-state index contributed by atoms with van der Waals surface area (Å²) in [7, 11) is -1.03. The van der Waals surface area contributed by atoms with Gasteiger partial charge in [-0.25, -0.2) is 0 Å². The standard InChI is InChI=1S/C24H43NOS/c1-7-9-10-11-13-19(12-8-2)22(26)25-21-15-14-20-16-17-24(21,23(20,3)4)18-27(25,5)6/h8,19-21H,2,7,9-18H2,1,3-6H3/t19-,20+,21-,24-/m1/s1. The number of allylic oxidation sites excluding steroid dienone is 1. The summed E-state index contributed by atoms with van der Waals surface area (Å²) in [6.45, 7) is 11.3. The van der Waals surface area contributed by atoms with Crippen LogP contribution in [0.5, 0.6) is 0 Å². The molecule has 27 heavy (non-hydrogen) atoms. The van der Waals surface area contributed by atoms with Crippen LogP contribution in [0.2, 0.25) is 0 Å². The van der Waals surface area contributed by atoms with Crippen LogP contribution in [0.3, 0.4) is 0 Å². The van der Waals surface area contributed by atoms with Crippen molar-refractivity contribution in [2.75, 3.05) is 18.3 Å². The third kappa shape index (κ3) is 3.40. The van der Waals surface area contributed by atoms with Gasteiger partial charge in [0.05, 0.1) is 0 Å². The van der Waals surface area contributed by atoms with E-state index < -0.39 is 10.2 Å². The van der Waals surface area contributed by atoms with E-state index in [0.717, 1.165) is 18.8 Å². The third-order valence-electron chi connectivity index (χ3n) is 8.52. The van der Waals surface area contributed by atoms with Gasteiger partial charge in [0, 0.05) is 23.1 Å². The molecule has 0 N–H and O–H groups in total. The van der Waals surface area contributed by atoms with E-state index in [1.165, 1.54) is 57.1 Å². The first kappa shape index (κ1) is 21.3. The minimum Gasteiger partial charge on any atom is -0.301 e. The molecule has 3 heteroatoms. The molecule has 0 aromatic heterocycles. The van der Waals surface area contributed by atoms with Gasteiger partial charge in [-0.05, 0) is 62.4 Å². The van der Waals surface area contributed by atoms with Gasteiger partial charge in [0.15, 0.2) is 0 Å². The highest BCUT2D eigenvalue weighted by Gasteiger charge is 2.68. The van der Waals surface area contributed by atoms with Crippen molar-refractivity contribution in [3.63, 3.8) is 0 Å². The van der Waals surface area contributed by atoms with Gasteiger partial charge in [0.1, 0.15) is 0 Å². The van der Waals surface area contributed by atoms with E-state index in [0.29, 0.717) is 22.8 Å². The highest BCUT2D eigenvalue weighted by molar-refractivity contribution is 8.31. The topological polar surface area (TPSA) is 20.3 Å². The summed E-state index contributed by atoms with van der Waals surface area (Å²) in [5.41, 5.74) is 0.773. The van der Waals surface area contributed by atoms with Crippen LogP contribution < -0.4 is 0 Å². The lowest BCUT2D eigenvalue weighted by Gasteiger charge is -2.50. The molecule has 2 aliphatic carbocycles. The molecule has 156 valence electrons. The number of unbranched alkanes of at least 4 members (excludes halogenated alkanes) is 3. The fourth-order valence-corrected chi connectivity index (χ4v) is 10.7. The van der Waals surface area contributed by atoms with Crippen molar-refractivity contribution < 1.29 is 4.79 Å². The van der Waals surface area contributed by atoms with Crippen molar-refractivity contribution in [3.05, 3.63) is 12.7 Å². The first-order valence-electron chi connectivity index (χ1n) is 11.4. The lowest BCUT2D eigenvalue weighted by molar-refractivity contribution is -0.135.